The zero-order chi connectivity index (χ0) is 26.0. The number of methoxy groups -OCH3 is 2. The fraction of sp³-hybridized carbons (Fsp3) is 0.370. The summed E-state index contributed by atoms with van der Waals surface area (Å²) in [6.45, 7) is 12.3. The van der Waals surface area contributed by atoms with Crippen LogP contribution in [0, 0.1) is 0 Å². The van der Waals surface area contributed by atoms with Gasteiger partial charge in [-0.15, -0.1) is 0 Å². The summed E-state index contributed by atoms with van der Waals surface area (Å²) in [6, 6.07) is 10.8. The minimum absolute atomic E-state index is 0.249. The molecule has 8 nitrogen and oxygen atoms in total. The number of ether oxygens (including phenoxy) is 2. The maximum absolute atomic E-state index is 12.7. The minimum Gasteiger partial charge on any atom is -0.507 e. The number of phenols is 1. The van der Waals surface area contributed by atoms with Crippen LogP contribution in [-0.2, 0) is 10.8 Å². The third-order valence-corrected chi connectivity index (χ3v) is 5.63. The summed E-state index contributed by atoms with van der Waals surface area (Å²) in [5.74, 6) is 1.12. The highest BCUT2D eigenvalue weighted by Crippen LogP contribution is 2.39. The molecule has 0 fully saturated rings. The molecule has 0 saturated carbocycles. The van der Waals surface area contributed by atoms with Crippen molar-refractivity contribution in [1.29, 1.82) is 0 Å². The Morgan fingerprint density at radius 2 is 1.63 bits per heavy atom. The number of hydrazone groups is 1. The highest BCUT2D eigenvalue weighted by Gasteiger charge is 2.26. The van der Waals surface area contributed by atoms with Gasteiger partial charge in [0.2, 0.25) is 0 Å². The van der Waals surface area contributed by atoms with Crippen LogP contribution in [0.4, 0.5) is 0 Å². The molecule has 0 unspecified atom stereocenters. The lowest BCUT2D eigenvalue weighted by Gasteiger charge is -2.27. The van der Waals surface area contributed by atoms with Gasteiger partial charge < -0.3 is 14.6 Å². The second-order valence-corrected chi connectivity index (χ2v) is 10.4. The number of amides is 1. The molecule has 35 heavy (non-hydrogen) atoms. The molecule has 0 bridgehead atoms. The molecule has 3 aromatic rings. The summed E-state index contributed by atoms with van der Waals surface area (Å²) < 4.78 is 10.7. The van der Waals surface area contributed by atoms with Crippen LogP contribution in [-0.4, -0.2) is 41.6 Å². The van der Waals surface area contributed by atoms with E-state index in [0.29, 0.717) is 28.5 Å². The average Bonchev–Trinajstić information content (AvgIpc) is 3.28. The number of aromatic amines is 1. The Hall–Kier alpha value is -3.81. The predicted octanol–water partition coefficient (Wildman–Crippen LogP) is 5.16. The predicted molar refractivity (Wildman–Crippen MR) is 138 cm³/mol. The van der Waals surface area contributed by atoms with Crippen LogP contribution in [0.5, 0.6) is 17.2 Å². The third kappa shape index (κ3) is 5.82. The van der Waals surface area contributed by atoms with Crippen molar-refractivity contribution in [2.24, 2.45) is 5.10 Å². The number of nitrogens with one attached hydrogen (secondary N) is 2. The van der Waals surface area contributed by atoms with Crippen LogP contribution in [0.3, 0.4) is 0 Å². The van der Waals surface area contributed by atoms with Gasteiger partial charge in [0.25, 0.3) is 5.91 Å². The van der Waals surface area contributed by atoms with Crippen molar-refractivity contribution in [1.82, 2.24) is 15.6 Å². The number of hydrogen-bond acceptors (Lipinski definition) is 6. The number of carbonyl (C=O) groups excluding carboxylic acids is 1. The second-order valence-electron chi connectivity index (χ2n) is 10.4. The van der Waals surface area contributed by atoms with Gasteiger partial charge in [0.15, 0.2) is 0 Å². The van der Waals surface area contributed by atoms with Gasteiger partial charge in [-0.1, -0.05) is 41.5 Å². The SMILES string of the molecule is COc1ccc(OC)c(-c2cc(C(=O)NN=Cc3cc(C(C)(C)C)c(O)c(C(C)(C)C)c3)[nH]n2)c1. The van der Waals surface area contributed by atoms with Gasteiger partial charge in [-0.25, -0.2) is 5.43 Å². The summed E-state index contributed by atoms with van der Waals surface area (Å²) in [7, 11) is 3.15. The second kappa shape index (κ2) is 9.82. The fourth-order valence-electron chi connectivity index (χ4n) is 3.69. The third-order valence-electron chi connectivity index (χ3n) is 5.63. The van der Waals surface area contributed by atoms with Crippen LogP contribution >= 0.6 is 0 Å². The van der Waals surface area contributed by atoms with Crippen molar-refractivity contribution in [3.05, 3.63) is 58.8 Å². The van der Waals surface area contributed by atoms with E-state index in [4.69, 9.17) is 9.47 Å². The van der Waals surface area contributed by atoms with Crippen molar-refractivity contribution in [3.8, 4) is 28.5 Å². The Kier molecular flexibility index (Phi) is 7.24. The molecule has 0 aliphatic heterocycles. The smallest absolute Gasteiger partial charge is 0.289 e. The number of rotatable bonds is 6. The number of phenolic OH excluding ortho intramolecular Hbond substituents is 1. The van der Waals surface area contributed by atoms with Crippen LogP contribution in [0.25, 0.3) is 11.3 Å². The van der Waals surface area contributed by atoms with Gasteiger partial charge in [-0.3, -0.25) is 9.89 Å². The first-order valence-electron chi connectivity index (χ1n) is 11.3. The molecule has 1 heterocycles. The highest BCUT2D eigenvalue weighted by atomic mass is 16.5. The maximum Gasteiger partial charge on any atom is 0.289 e. The molecule has 1 aromatic heterocycles. The Morgan fingerprint density at radius 1 is 1.00 bits per heavy atom. The van der Waals surface area contributed by atoms with Crippen LogP contribution in [0.2, 0.25) is 0 Å². The van der Waals surface area contributed by atoms with Crippen molar-refractivity contribution in [3.63, 3.8) is 0 Å². The summed E-state index contributed by atoms with van der Waals surface area (Å²) in [4.78, 5) is 12.7. The van der Waals surface area contributed by atoms with E-state index in [1.807, 2.05) is 53.7 Å². The molecule has 0 radical (unpaired) electrons. The molecular weight excluding hydrogens is 444 g/mol. The van der Waals surface area contributed by atoms with Crippen molar-refractivity contribution in [2.45, 2.75) is 52.4 Å². The van der Waals surface area contributed by atoms with Gasteiger partial charge in [0.1, 0.15) is 22.9 Å². The number of aromatic hydroxyl groups is 1. The highest BCUT2D eigenvalue weighted by molar-refractivity contribution is 5.94. The van der Waals surface area contributed by atoms with Crippen molar-refractivity contribution < 1.29 is 19.4 Å². The van der Waals surface area contributed by atoms with E-state index < -0.39 is 5.91 Å². The summed E-state index contributed by atoms with van der Waals surface area (Å²) >= 11 is 0. The van der Waals surface area contributed by atoms with Gasteiger partial charge in [-0.2, -0.15) is 10.2 Å². The van der Waals surface area contributed by atoms with Crippen LogP contribution < -0.4 is 14.9 Å². The molecule has 2 aromatic carbocycles. The van der Waals surface area contributed by atoms with Crippen molar-refractivity contribution >= 4 is 12.1 Å². The molecule has 1 amide bonds. The van der Waals surface area contributed by atoms with E-state index in [0.717, 1.165) is 16.7 Å². The molecule has 0 atom stereocenters. The molecule has 186 valence electrons. The molecule has 3 N–H and O–H groups in total. The fourth-order valence-corrected chi connectivity index (χ4v) is 3.69. The minimum atomic E-state index is -0.437. The maximum atomic E-state index is 12.7. The monoisotopic (exact) mass is 478 g/mol. The van der Waals surface area contributed by atoms with E-state index in [1.54, 1.807) is 44.7 Å². The molecule has 0 spiro atoms. The molecule has 8 heteroatoms. The Labute approximate surface area is 206 Å². The van der Waals surface area contributed by atoms with Gasteiger partial charge in [0, 0.05) is 16.7 Å². The zero-order valence-corrected chi connectivity index (χ0v) is 21.6. The van der Waals surface area contributed by atoms with Crippen molar-refractivity contribution in [2.75, 3.05) is 14.2 Å². The first-order valence-corrected chi connectivity index (χ1v) is 11.3. The number of aromatic nitrogens is 2. The van der Waals surface area contributed by atoms with Crippen LogP contribution in [0.15, 0.2) is 41.5 Å². The molecule has 0 aliphatic carbocycles. The van der Waals surface area contributed by atoms with E-state index in [2.05, 4.69) is 20.7 Å². The van der Waals surface area contributed by atoms with E-state index in [9.17, 15) is 9.90 Å². The lowest BCUT2D eigenvalue weighted by atomic mass is 9.78. The zero-order valence-electron chi connectivity index (χ0n) is 21.6. The standard InChI is InChI=1S/C27H34N4O4/c1-26(2,3)19-11-16(12-20(24(19)32)27(4,5)6)15-28-31-25(33)22-14-21(29-30-22)18-13-17(34-7)9-10-23(18)35-8/h9-15,32H,1-8H3,(H,29,30)(H,31,33). The number of nitrogens with zero attached hydrogens (tertiary/aromatic N) is 2. The topological polar surface area (TPSA) is 109 Å². The summed E-state index contributed by atoms with van der Waals surface area (Å²) in [5.41, 5.74) is 5.93. The number of hydrogen-bond donors (Lipinski definition) is 3. The Morgan fingerprint density at radius 3 is 2.17 bits per heavy atom. The lowest BCUT2D eigenvalue weighted by molar-refractivity contribution is 0.0950. The lowest BCUT2D eigenvalue weighted by Crippen LogP contribution is -2.19. The number of carbonyl (C=O) groups is 1. The summed E-state index contributed by atoms with van der Waals surface area (Å²) in [6.07, 6.45) is 1.57. The van der Waals surface area contributed by atoms with E-state index in [-0.39, 0.29) is 16.5 Å². The summed E-state index contributed by atoms with van der Waals surface area (Å²) in [5, 5.41) is 22.0. The average molecular weight is 479 g/mol. The van der Waals surface area contributed by atoms with E-state index >= 15 is 0 Å². The quantitative estimate of drug-likeness (QED) is 0.335. The van der Waals surface area contributed by atoms with Gasteiger partial charge in [-0.05, 0) is 52.8 Å². The first kappa shape index (κ1) is 25.8. The first-order chi connectivity index (χ1) is 16.3. The number of H-pyrrole nitrogens is 1. The largest absolute Gasteiger partial charge is 0.507 e. The molecule has 0 aliphatic rings. The normalized spacial score (nSPS) is 12.1. The Balaban J connectivity index is 1.83. The molecular formula is C27H34N4O4. The van der Waals surface area contributed by atoms with Gasteiger partial charge >= 0.3 is 0 Å². The molecule has 3 rings (SSSR count). The van der Waals surface area contributed by atoms with Gasteiger partial charge in [0.05, 0.1) is 26.1 Å². The number of benzene rings is 2. The molecule has 0 saturated heterocycles. The van der Waals surface area contributed by atoms with E-state index in [1.165, 1.54) is 0 Å². The van der Waals surface area contributed by atoms with Crippen LogP contribution in [0.1, 0.15) is 68.7 Å². The Bertz CT molecular complexity index is 1210.